The number of nitro benzene ring substituents is 1. The average molecular weight is 322 g/mol. The molecule has 124 valence electrons. The van der Waals surface area contributed by atoms with Crippen LogP contribution in [0.2, 0.25) is 0 Å². The van der Waals surface area contributed by atoms with Crippen molar-refractivity contribution in [3.63, 3.8) is 0 Å². The second-order valence-electron chi connectivity index (χ2n) is 5.78. The maximum Gasteiger partial charge on any atom is 0.407 e. The predicted molar refractivity (Wildman–Crippen MR) is 83.4 cm³/mol. The molecule has 0 radical (unpaired) electrons. The largest absolute Gasteiger partial charge is 0.444 e. The summed E-state index contributed by atoms with van der Waals surface area (Å²) in [4.78, 5) is 25.8. The van der Waals surface area contributed by atoms with E-state index in [1.807, 2.05) is 0 Å². The number of carbonyl (C=O) groups is 1. The second kappa shape index (κ2) is 6.51. The Kier molecular flexibility index (Phi) is 4.68. The molecule has 9 nitrogen and oxygen atoms in total. The molecular weight excluding hydrogens is 304 g/mol. The van der Waals surface area contributed by atoms with E-state index in [1.54, 1.807) is 20.8 Å². The molecule has 2 N–H and O–H groups in total. The highest BCUT2D eigenvalue weighted by Gasteiger charge is 2.15. The molecule has 1 aromatic heterocycles. The molecule has 0 aliphatic carbocycles. The molecular formula is C14H18N4O5. The number of rotatable bonds is 5. The fourth-order valence-corrected chi connectivity index (χ4v) is 1.75. The van der Waals surface area contributed by atoms with Crippen LogP contribution >= 0.6 is 0 Å². The molecule has 0 fully saturated rings. The van der Waals surface area contributed by atoms with Gasteiger partial charge in [0.1, 0.15) is 11.1 Å². The minimum Gasteiger partial charge on any atom is -0.444 e. The Bertz CT molecular complexity index is 720. The van der Waals surface area contributed by atoms with Crippen LogP contribution < -0.4 is 10.6 Å². The normalized spacial score (nSPS) is 11.3. The zero-order valence-corrected chi connectivity index (χ0v) is 13.1. The van der Waals surface area contributed by atoms with Crippen molar-refractivity contribution in [1.29, 1.82) is 0 Å². The second-order valence-corrected chi connectivity index (χ2v) is 5.78. The highest BCUT2D eigenvalue weighted by atomic mass is 16.6. The first-order valence-electron chi connectivity index (χ1n) is 7.00. The van der Waals surface area contributed by atoms with E-state index in [2.05, 4.69) is 15.6 Å². The number of anilines is 1. The molecule has 0 saturated carbocycles. The highest BCUT2D eigenvalue weighted by Crippen LogP contribution is 2.23. The number of ether oxygens (including phenoxy) is 1. The van der Waals surface area contributed by atoms with E-state index in [4.69, 9.17) is 9.15 Å². The molecule has 0 aliphatic rings. The summed E-state index contributed by atoms with van der Waals surface area (Å²) < 4.78 is 10.5. The van der Waals surface area contributed by atoms with Crippen LogP contribution in [0.3, 0.4) is 0 Å². The monoisotopic (exact) mass is 322 g/mol. The van der Waals surface area contributed by atoms with Crippen molar-refractivity contribution in [2.45, 2.75) is 26.4 Å². The minimum atomic E-state index is -0.549. The first kappa shape index (κ1) is 16.5. The van der Waals surface area contributed by atoms with Crippen LogP contribution in [0.25, 0.3) is 11.1 Å². The van der Waals surface area contributed by atoms with Gasteiger partial charge in [-0.15, -0.1) is 0 Å². The van der Waals surface area contributed by atoms with Gasteiger partial charge in [-0.25, -0.2) is 4.79 Å². The third-order valence-electron chi connectivity index (χ3n) is 2.65. The zero-order chi connectivity index (χ0) is 17.0. The maximum atomic E-state index is 11.4. The molecule has 0 aliphatic heterocycles. The topological polar surface area (TPSA) is 120 Å². The maximum absolute atomic E-state index is 11.4. The number of hydrogen-bond donors (Lipinski definition) is 2. The van der Waals surface area contributed by atoms with Gasteiger partial charge in [-0.3, -0.25) is 10.1 Å². The molecule has 0 saturated heterocycles. The van der Waals surface area contributed by atoms with Crippen molar-refractivity contribution in [3.8, 4) is 0 Å². The van der Waals surface area contributed by atoms with Crippen molar-refractivity contribution < 1.29 is 18.9 Å². The fourth-order valence-electron chi connectivity index (χ4n) is 1.75. The molecule has 2 rings (SSSR count). The lowest BCUT2D eigenvalue weighted by atomic mass is 10.2. The Labute approximate surface area is 132 Å². The summed E-state index contributed by atoms with van der Waals surface area (Å²) in [6.45, 7) is 6.02. The van der Waals surface area contributed by atoms with Crippen molar-refractivity contribution in [2.75, 3.05) is 18.4 Å². The van der Waals surface area contributed by atoms with Gasteiger partial charge in [0.25, 0.3) is 11.7 Å². The number of amides is 1. The van der Waals surface area contributed by atoms with Crippen LogP contribution in [0, 0.1) is 10.1 Å². The Hall–Kier alpha value is -2.84. The van der Waals surface area contributed by atoms with Crippen LogP contribution in [0.5, 0.6) is 0 Å². The van der Waals surface area contributed by atoms with Gasteiger partial charge < -0.3 is 19.8 Å². The summed E-state index contributed by atoms with van der Waals surface area (Å²) in [5.41, 5.74) is 0.232. The molecule has 0 unspecified atom stereocenters. The van der Waals surface area contributed by atoms with Crippen LogP contribution in [0.1, 0.15) is 20.8 Å². The van der Waals surface area contributed by atoms with Crippen LogP contribution in [0.15, 0.2) is 22.6 Å². The molecule has 9 heteroatoms. The number of carbonyl (C=O) groups excluding carboxylic acids is 1. The first-order valence-corrected chi connectivity index (χ1v) is 7.00. The van der Waals surface area contributed by atoms with Crippen molar-refractivity contribution >= 4 is 28.9 Å². The number of oxazole rings is 1. The van der Waals surface area contributed by atoms with E-state index < -0.39 is 16.6 Å². The first-order chi connectivity index (χ1) is 10.7. The van der Waals surface area contributed by atoms with E-state index in [0.29, 0.717) is 24.2 Å². The standard InChI is InChI=1S/C14H18N4O5/c1-14(2,3)23-13(19)16-7-6-15-12-17-10-8-9(18(20)21)4-5-11(10)22-12/h4-5,8H,6-7H2,1-3H3,(H,15,17)(H,16,19). The number of nitrogens with zero attached hydrogens (tertiary/aromatic N) is 2. The van der Waals surface area contributed by atoms with Crippen LogP contribution in [-0.4, -0.2) is 34.7 Å². The third-order valence-corrected chi connectivity index (χ3v) is 2.65. The van der Waals surface area contributed by atoms with Gasteiger partial charge in [0.05, 0.1) is 4.92 Å². The lowest BCUT2D eigenvalue weighted by Gasteiger charge is -2.19. The number of nitro groups is 1. The van der Waals surface area contributed by atoms with Crippen molar-refractivity contribution in [1.82, 2.24) is 10.3 Å². The van der Waals surface area contributed by atoms with E-state index in [-0.39, 0.29) is 11.7 Å². The fraction of sp³-hybridized carbons (Fsp3) is 0.429. The molecule has 2 aromatic rings. The number of aromatic nitrogens is 1. The average Bonchev–Trinajstić information content (AvgIpc) is 2.83. The quantitative estimate of drug-likeness (QED) is 0.493. The number of nitrogens with one attached hydrogen (secondary N) is 2. The van der Waals surface area contributed by atoms with E-state index in [9.17, 15) is 14.9 Å². The van der Waals surface area contributed by atoms with Gasteiger partial charge in [-0.2, -0.15) is 4.98 Å². The molecule has 0 spiro atoms. The summed E-state index contributed by atoms with van der Waals surface area (Å²) in [5, 5.41) is 16.2. The number of hydrogen-bond acceptors (Lipinski definition) is 7. The number of benzene rings is 1. The molecule has 1 aromatic carbocycles. The van der Waals surface area contributed by atoms with Crippen LogP contribution in [-0.2, 0) is 4.74 Å². The van der Waals surface area contributed by atoms with E-state index in [0.717, 1.165) is 0 Å². The third kappa shape index (κ3) is 4.83. The van der Waals surface area contributed by atoms with Gasteiger partial charge in [-0.1, -0.05) is 0 Å². The Morgan fingerprint density at radius 3 is 2.78 bits per heavy atom. The molecule has 1 heterocycles. The number of non-ortho nitro benzene ring substituents is 1. The lowest BCUT2D eigenvalue weighted by molar-refractivity contribution is -0.384. The Morgan fingerprint density at radius 2 is 2.13 bits per heavy atom. The molecule has 0 bridgehead atoms. The summed E-state index contributed by atoms with van der Waals surface area (Å²) in [6.07, 6.45) is -0.507. The Balaban J connectivity index is 1.85. The summed E-state index contributed by atoms with van der Waals surface area (Å²) in [6, 6.07) is 4.40. The van der Waals surface area contributed by atoms with Gasteiger partial charge in [0, 0.05) is 25.2 Å². The zero-order valence-electron chi connectivity index (χ0n) is 13.1. The highest BCUT2D eigenvalue weighted by molar-refractivity contribution is 5.77. The van der Waals surface area contributed by atoms with E-state index in [1.165, 1.54) is 18.2 Å². The van der Waals surface area contributed by atoms with Crippen LogP contribution in [0.4, 0.5) is 16.5 Å². The smallest absolute Gasteiger partial charge is 0.407 e. The SMILES string of the molecule is CC(C)(C)OC(=O)NCCNc1nc2cc([N+](=O)[O-])ccc2o1. The van der Waals surface area contributed by atoms with E-state index >= 15 is 0 Å². The molecule has 0 atom stereocenters. The summed E-state index contributed by atoms with van der Waals surface area (Å²) >= 11 is 0. The van der Waals surface area contributed by atoms with Crippen molar-refractivity contribution in [3.05, 3.63) is 28.3 Å². The van der Waals surface area contributed by atoms with Gasteiger partial charge in [0.2, 0.25) is 0 Å². The lowest BCUT2D eigenvalue weighted by Crippen LogP contribution is -2.35. The predicted octanol–water partition coefficient (Wildman–Crippen LogP) is 2.67. The number of alkyl carbamates (subject to hydrolysis) is 1. The summed E-state index contributed by atoms with van der Waals surface area (Å²) in [5.74, 6) is 0. The molecule has 1 amide bonds. The van der Waals surface area contributed by atoms with Crippen molar-refractivity contribution in [2.24, 2.45) is 0 Å². The van der Waals surface area contributed by atoms with Gasteiger partial charge in [-0.05, 0) is 26.8 Å². The minimum absolute atomic E-state index is 0.0519. The Morgan fingerprint density at radius 1 is 1.39 bits per heavy atom. The number of fused-ring (bicyclic) bond motifs is 1. The van der Waals surface area contributed by atoms with Gasteiger partial charge >= 0.3 is 6.09 Å². The summed E-state index contributed by atoms with van der Waals surface area (Å²) in [7, 11) is 0. The molecule has 23 heavy (non-hydrogen) atoms. The van der Waals surface area contributed by atoms with Gasteiger partial charge in [0.15, 0.2) is 5.58 Å².